The maximum atomic E-state index is 15.2. The van der Waals surface area contributed by atoms with Crippen LogP contribution in [0.3, 0.4) is 0 Å². The van der Waals surface area contributed by atoms with Gasteiger partial charge in [0.25, 0.3) is 0 Å². The highest BCUT2D eigenvalue weighted by Gasteiger charge is 2.62. The molecule has 6 heteroatoms. The molecule has 2 saturated heterocycles. The molecule has 4 nitrogen and oxygen atoms in total. The number of hydrogen-bond donors (Lipinski definition) is 0. The van der Waals surface area contributed by atoms with Crippen LogP contribution in [0.4, 0.5) is 15.8 Å². The Morgan fingerprint density at radius 3 is 2.46 bits per heavy atom. The molecule has 0 radical (unpaired) electrons. The van der Waals surface area contributed by atoms with Crippen molar-refractivity contribution >= 4 is 19.7 Å². The number of aryl methyl sites for hydroxylation is 1. The van der Waals surface area contributed by atoms with Crippen molar-refractivity contribution in [2.45, 2.75) is 45.0 Å². The number of anilines is 2. The normalized spacial score (nSPS) is 23.8. The van der Waals surface area contributed by atoms with Gasteiger partial charge in [-0.1, -0.05) is 26.0 Å². The minimum Gasteiger partial charge on any atom is -0.412 e. The summed E-state index contributed by atoms with van der Waals surface area (Å²) >= 11 is 0. The third-order valence-electron chi connectivity index (χ3n) is 6.56. The Morgan fingerprint density at radius 1 is 1.14 bits per heavy atom. The molecule has 2 fully saturated rings. The quantitative estimate of drug-likeness (QED) is 0.679. The van der Waals surface area contributed by atoms with Gasteiger partial charge in [0.15, 0.2) is 14.1 Å². The summed E-state index contributed by atoms with van der Waals surface area (Å²) in [7, 11) is -1.64. The summed E-state index contributed by atoms with van der Waals surface area (Å²) in [5.41, 5.74) is 3.60. The summed E-state index contributed by atoms with van der Waals surface area (Å²) in [5, 5.41) is 0.322. The zero-order valence-electron chi connectivity index (χ0n) is 17.3. The van der Waals surface area contributed by atoms with E-state index in [1.54, 1.807) is 0 Å². The van der Waals surface area contributed by atoms with Crippen molar-refractivity contribution in [3.05, 3.63) is 53.6 Å². The molecule has 0 N–H and O–H groups in total. The lowest BCUT2D eigenvalue weighted by atomic mass is 10.1. The van der Waals surface area contributed by atoms with Crippen LogP contribution in [0.5, 0.6) is 0 Å². The molecule has 150 valence electrons. The molecular formula is C22H30FN3OSi. The molecule has 0 saturated carbocycles. The van der Waals surface area contributed by atoms with Crippen LogP contribution in [0.25, 0.3) is 0 Å². The number of halogens is 1. The van der Waals surface area contributed by atoms with Crippen molar-refractivity contribution in [1.29, 1.82) is 0 Å². The van der Waals surface area contributed by atoms with Gasteiger partial charge in [0.2, 0.25) is 0 Å². The molecule has 1 aromatic carbocycles. The highest BCUT2D eigenvalue weighted by atomic mass is 28.4. The summed E-state index contributed by atoms with van der Waals surface area (Å²) in [6.45, 7) is 12.5. The molecule has 1 unspecified atom stereocenters. The van der Waals surface area contributed by atoms with Gasteiger partial charge in [0.1, 0.15) is 0 Å². The maximum absolute atomic E-state index is 15.2. The predicted molar refractivity (Wildman–Crippen MR) is 115 cm³/mol. The fourth-order valence-corrected chi connectivity index (χ4v) is 7.45. The zero-order valence-corrected chi connectivity index (χ0v) is 18.3. The van der Waals surface area contributed by atoms with Crippen molar-refractivity contribution < 1.29 is 8.82 Å². The van der Waals surface area contributed by atoms with E-state index in [1.165, 1.54) is 5.69 Å². The number of pyridine rings is 1. The van der Waals surface area contributed by atoms with E-state index >= 15 is 4.39 Å². The highest BCUT2D eigenvalue weighted by molar-refractivity contribution is 6.86. The van der Waals surface area contributed by atoms with E-state index < -0.39 is 8.32 Å². The van der Waals surface area contributed by atoms with Gasteiger partial charge in [-0.15, -0.1) is 0 Å². The van der Waals surface area contributed by atoms with Gasteiger partial charge in [0, 0.05) is 49.3 Å². The smallest absolute Gasteiger partial charge is 0.195 e. The van der Waals surface area contributed by atoms with Crippen LogP contribution in [0.1, 0.15) is 25.1 Å². The SMILES string of the molecule is Cc1cc(N2CCN(c3cccc(CO[Si]4(C)CC4(C)C)c3F)CC2)ccn1. The first-order valence-corrected chi connectivity index (χ1v) is 12.7. The average Bonchev–Trinajstić information content (AvgIpc) is 3.19. The fraction of sp³-hybridized carbons (Fsp3) is 0.500. The summed E-state index contributed by atoms with van der Waals surface area (Å²) in [6.07, 6.45) is 1.85. The van der Waals surface area contributed by atoms with Crippen LogP contribution < -0.4 is 9.80 Å². The van der Waals surface area contributed by atoms with Crippen molar-refractivity contribution in [3.8, 4) is 0 Å². The van der Waals surface area contributed by atoms with Crippen molar-refractivity contribution in [2.24, 2.45) is 0 Å². The van der Waals surface area contributed by atoms with Crippen LogP contribution in [0.15, 0.2) is 36.5 Å². The minimum absolute atomic E-state index is 0.119. The summed E-state index contributed by atoms with van der Waals surface area (Å²) in [6, 6.07) is 11.0. The third kappa shape index (κ3) is 3.67. The molecule has 2 aromatic rings. The van der Waals surface area contributed by atoms with E-state index in [0.717, 1.165) is 37.9 Å². The molecular weight excluding hydrogens is 369 g/mol. The van der Waals surface area contributed by atoms with Gasteiger partial charge in [-0.25, -0.2) is 4.39 Å². The van der Waals surface area contributed by atoms with E-state index in [4.69, 9.17) is 4.43 Å². The molecule has 0 aliphatic carbocycles. The summed E-state index contributed by atoms with van der Waals surface area (Å²) < 4.78 is 21.4. The fourth-order valence-electron chi connectivity index (χ4n) is 4.14. The lowest BCUT2D eigenvalue weighted by Gasteiger charge is -2.37. The highest BCUT2D eigenvalue weighted by Crippen LogP contribution is 2.62. The number of benzene rings is 1. The first-order valence-electron chi connectivity index (χ1n) is 10.1. The Labute approximate surface area is 168 Å². The molecule has 4 rings (SSSR count). The number of aromatic nitrogens is 1. The monoisotopic (exact) mass is 399 g/mol. The number of nitrogens with zero attached hydrogens (tertiary/aromatic N) is 3. The van der Waals surface area contributed by atoms with Gasteiger partial charge in [0.05, 0.1) is 12.3 Å². The first kappa shape index (κ1) is 19.4. The van der Waals surface area contributed by atoms with E-state index in [0.29, 0.717) is 22.9 Å². The van der Waals surface area contributed by atoms with Crippen LogP contribution in [0.2, 0.25) is 17.6 Å². The molecule has 2 aliphatic heterocycles. The van der Waals surface area contributed by atoms with E-state index in [1.807, 2.05) is 37.4 Å². The molecule has 0 bridgehead atoms. The van der Waals surface area contributed by atoms with Crippen molar-refractivity contribution in [3.63, 3.8) is 0 Å². The lowest BCUT2D eigenvalue weighted by Crippen LogP contribution is -2.47. The van der Waals surface area contributed by atoms with E-state index in [-0.39, 0.29) is 5.82 Å². The number of hydrogen-bond acceptors (Lipinski definition) is 4. The second kappa shape index (κ2) is 7.15. The minimum atomic E-state index is -1.64. The molecule has 1 aromatic heterocycles. The van der Waals surface area contributed by atoms with Gasteiger partial charge >= 0.3 is 0 Å². The Bertz CT molecular complexity index is 867. The second-order valence-electron chi connectivity index (χ2n) is 8.96. The van der Waals surface area contributed by atoms with Crippen LogP contribution in [-0.4, -0.2) is 39.5 Å². The molecule has 2 aliphatic rings. The standard InChI is InChI=1S/C22H30FN3OSi/c1-17-14-19(8-9-24-17)25-10-12-26(13-11-25)20-7-5-6-18(21(20)23)15-27-28(4)16-22(28,2)3/h5-9,14H,10-13,15-16H2,1-4H3. The van der Waals surface area contributed by atoms with E-state index in [9.17, 15) is 0 Å². The number of piperazine rings is 1. The molecule has 28 heavy (non-hydrogen) atoms. The van der Waals surface area contributed by atoms with Crippen LogP contribution in [-0.2, 0) is 11.0 Å². The average molecular weight is 400 g/mol. The molecule has 0 spiro atoms. The Hall–Kier alpha value is -1.92. The van der Waals surface area contributed by atoms with Gasteiger partial charge in [-0.2, -0.15) is 0 Å². The lowest BCUT2D eigenvalue weighted by molar-refractivity contribution is 0.297. The van der Waals surface area contributed by atoms with Crippen molar-refractivity contribution in [2.75, 3.05) is 36.0 Å². The molecule has 3 heterocycles. The van der Waals surface area contributed by atoms with Gasteiger partial charge in [-0.05, 0) is 42.8 Å². The predicted octanol–water partition coefficient (Wildman–Crippen LogP) is 4.74. The van der Waals surface area contributed by atoms with Crippen LogP contribution in [0, 0.1) is 12.7 Å². The molecule has 1 atom stereocenters. The maximum Gasteiger partial charge on any atom is 0.195 e. The Balaban J connectivity index is 1.41. The van der Waals surface area contributed by atoms with Crippen molar-refractivity contribution in [1.82, 2.24) is 4.98 Å². The number of rotatable bonds is 5. The van der Waals surface area contributed by atoms with Gasteiger partial charge < -0.3 is 14.2 Å². The van der Waals surface area contributed by atoms with Gasteiger partial charge in [-0.3, -0.25) is 4.98 Å². The third-order valence-corrected chi connectivity index (χ3v) is 11.5. The first-order chi connectivity index (χ1) is 13.3. The summed E-state index contributed by atoms with van der Waals surface area (Å²) in [4.78, 5) is 8.77. The topological polar surface area (TPSA) is 28.6 Å². The largest absolute Gasteiger partial charge is 0.412 e. The zero-order chi connectivity index (χ0) is 19.9. The molecule has 0 amide bonds. The van der Waals surface area contributed by atoms with E-state index in [2.05, 4.69) is 41.2 Å². The summed E-state index contributed by atoms with van der Waals surface area (Å²) in [5.74, 6) is -0.119. The Morgan fingerprint density at radius 2 is 1.82 bits per heavy atom. The Kier molecular flexibility index (Phi) is 4.96. The van der Waals surface area contributed by atoms with Crippen LogP contribution >= 0.6 is 0 Å². The second-order valence-corrected chi connectivity index (χ2v) is 13.4.